The lowest BCUT2D eigenvalue weighted by Crippen LogP contribution is -2.62. The van der Waals surface area contributed by atoms with E-state index in [2.05, 4.69) is 29.6 Å². The van der Waals surface area contributed by atoms with E-state index in [0.29, 0.717) is 26.1 Å². The molecule has 1 atom stereocenters. The summed E-state index contributed by atoms with van der Waals surface area (Å²) in [5, 5.41) is 2.76. The molecule has 2 aliphatic rings. The third-order valence-electron chi connectivity index (χ3n) is 6.12. The minimum Gasteiger partial charge on any atom is -0.361 e. The minimum atomic E-state index is -1.05. The number of carbonyl (C=O) groups excluding carboxylic acids is 2. The molecule has 0 spiro atoms. The Balaban J connectivity index is 1.59. The van der Waals surface area contributed by atoms with Gasteiger partial charge in [-0.1, -0.05) is 61.0 Å². The molecule has 5 heteroatoms. The van der Waals surface area contributed by atoms with Gasteiger partial charge in [-0.05, 0) is 29.5 Å². The first-order chi connectivity index (χ1) is 14.1. The number of rotatable bonds is 5. The quantitative estimate of drug-likeness (QED) is 0.851. The summed E-state index contributed by atoms with van der Waals surface area (Å²) in [5.41, 5.74) is 2.21. The molecular weight excluding hydrogens is 364 g/mol. The summed E-state index contributed by atoms with van der Waals surface area (Å²) >= 11 is 0. The van der Waals surface area contributed by atoms with Gasteiger partial charge in [0.15, 0.2) is 5.60 Å². The van der Waals surface area contributed by atoms with Crippen LogP contribution in [0, 0.1) is 5.92 Å². The number of benzene rings is 2. The van der Waals surface area contributed by atoms with Crippen molar-refractivity contribution >= 4 is 11.8 Å². The Morgan fingerprint density at radius 2 is 1.86 bits per heavy atom. The first-order valence-corrected chi connectivity index (χ1v) is 10.4. The Hall–Kier alpha value is -2.66. The van der Waals surface area contributed by atoms with Crippen molar-refractivity contribution in [2.24, 2.45) is 5.92 Å². The highest BCUT2D eigenvalue weighted by atomic mass is 16.5. The largest absolute Gasteiger partial charge is 0.361 e. The number of amides is 2. The smallest absolute Gasteiger partial charge is 0.254 e. The van der Waals surface area contributed by atoms with Crippen LogP contribution in [-0.2, 0) is 20.7 Å². The van der Waals surface area contributed by atoms with Crippen LogP contribution in [0.1, 0.15) is 24.8 Å². The number of nitrogens with zero attached hydrogens (tertiary/aromatic N) is 1. The highest BCUT2D eigenvalue weighted by Crippen LogP contribution is 2.32. The molecule has 1 aliphatic heterocycles. The minimum absolute atomic E-state index is 0.122. The van der Waals surface area contributed by atoms with Gasteiger partial charge in [0, 0.05) is 25.9 Å². The molecule has 2 aromatic carbocycles. The van der Waals surface area contributed by atoms with Crippen molar-refractivity contribution in [1.82, 2.24) is 10.2 Å². The third-order valence-corrected chi connectivity index (χ3v) is 6.12. The fourth-order valence-corrected chi connectivity index (χ4v) is 4.26. The maximum atomic E-state index is 12.9. The van der Waals surface area contributed by atoms with Gasteiger partial charge in [0.25, 0.3) is 5.91 Å². The molecule has 1 saturated heterocycles. The topological polar surface area (TPSA) is 58.6 Å². The van der Waals surface area contributed by atoms with E-state index < -0.39 is 5.60 Å². The summed E-state index contributed by atoms with van der Waals surface area (Å²) < 4.78 is 6.07. The van der Waals surface area contributed by atoms with E-state index in [1.807, 2.05) is 35.2 Å². The van der Waals surface area contributed by atoms with Gasteiger partial charge in [-0.3, -0.25) is 9.59 Å². The van der Waals surface area contributed by atoms with Crippen LogP contribution < -0.4 is 5.32 Å². The predicted octanol–water partition coefficient (Wildman–Crippen LogP) is 3.04. The van der Waals surface area contributed by atoms with E-state index in [1.54, 1.807) is 7.05 Å². The van der Waals surface area contributed by atoms with Crippen molar-refractivity contribution in [3.63, 3.8) is 0 Å². The highest BCUT2D eigenvalue weighted by Gasteiger charge is 2.45. The lowest BCUT2D eigenvalue weighted by Gasteiger charge is -2.43. The van der Waals surface area contributed by atoms with Crippen molar-refractivity contribution in [2.45, 2.75) is 31.3 Å². The van der Waals surface area contributed by atoms with Gasteiger partial charge in [-0.25, -0.2) is 0 Å². The van der Waals surface area contributed by atoms with Gasteiger partial charge in [0.2, 0.25) is 5.91 Å². The molecule has 1 saturated carbocycles. The van der Waals surface area contributed by atoms with Crippen LogP contribution in [-0.4, -0.2) is 49.1 Å². The Morgan fingerprint density at radius 1 is 1.10 bits per heavy atom. The molecule has 152 valence electrons. The van der Waals surface area contributed by atoms with Crippen LogP contribution in [0.25, 0.3) is 11.1 Å². The van der Waals surface area contributed by atoms with E-state index in [9.17, 15) is 9.59 Å². The number of carbonyl (C=O) groups is 2. The van der Waals surface area contributed by atoms with Gasteiger partial charge in [0.05, 0.1) is 13.2 Å². The molecular formula is C24H28N2O3. The number of likely N-dealkylation sites (N-methyl/N-ethyl adjacent to an activating group) is 1. The van der Waals surface area contributed by atoms with Crippen molar-refractivity contribution in [1.29, 1.82) is 0 Å². The fraction of sp³-hybridized carbons (Fsp3) is 0.417. The lowest BCUT2D eigenvalue weighted by atomic mass is 9.83. The standard InChI is InChI=1S/C24H28N2O3/c1-25-23(28)24(17-26(13-14-29-24)22(27)20-10-6-11-20)16-18-7-5-12-21(15-18)19-8-3-2-4-9-19/h2-5,7-9,12,15,20H,6,10-11,13-14,16-17H2,1H3,(H,25,28)/t24-/m0/s1. The van der Waals surface area contributed by atoms with Crippen LogP contribution in [0.2, 0.25) is 0 Å². The molecule has 0 aromatic heterocycles. The first kappa shape index (κ1) is 19.6. The number of hydrogen-bond donors (Lipinski definition) is 1. The molecule has 4 rings (SSSR count). The summed E-state index contributed by atoms with van der Waals surface area (Å²) in [6.45, 7) is 1.24. The average Bonchev–Trinajstić information content (AvgIpc) is 2.73. The van der Waals surface area contributed by atoms with Gasteiger partial charge < -0.3 is 15.0 Å². The molecule has 1 heterocycles. The monoisotopic (exact) mass is 392 g/mol. The number of ether oxygens (including phenoxy) is 1. The molecule has 2 fully saturated rings. The van der Waals surface area contributed by atoms with E-state index in [4.69, 9.17) is 4.74 Å². The average molecular weight is 392 g/mol. The van der Waals surface area contributed by atoms with Crippen LogP contribution >= 0.6 is 0 Å². The van der Waals surface area contributed by atoms with Gasteiger partial charge in [-0.2, -0.15) is 0 Å². The number of hydrogen-bond acceptors (Lipinski definition) is 3. The van der Waals surface area contributed by atoms with Crippen LogP contribution in [0.3, 0.4) is 0 Å². The van der Waals surface area contributed by atoms with E-state index in [0.717, 1.165) is 36.0 Å². The SMILES string of the molecule is CNC(=O)[C@]1(Cc2cccc(-c3ccccc3)c2)CN(C(=O)C2CCC2)CCO1. The molecule has 0 radical (unpaired) electrons. The summed E-state index contributed by atoms with van der Waals surface area (Å²) in [4.78, 5) is 27.5. The van der Waals surface area contributed by atoms with Crippen LogP contribution in [0.15, 0.2) is 54.6 Å². The maximum absolute atomic E-state index is 12.9. The Morgan fingerprint density at radius 3 is 2.55 bits per heavy atom. The molecule has 1 aliphatic carbocycles. The second kappa shape index (κ2) is 8.37. The predicted molar refractivity (Wildman–Crippen MR) is 112 cm³/mol. The van der Waals surface area contributed by atoms with Crippen molar-refractivity contribution in [3.8, 4) is 11.1 Å². The normalized spacial score (nSPS) is 22.0. The van der Waals surface area contributed by atoms with Gasteiger partial charge >= 0.3 is 0 Å². The Bertz CT molecular complexity index is 879. The van der Waals surface area contributed by atoms with Crippen LogP contribution in [0.5, 0.6) is 0 Å². The maximum Gasteiger partial charge on any atom is 0.254 e. The van der Waals surface area contributed by atoms with Crippen molar-refractivity contribution < 1.29 is 14.3 Å². The Kier molecular flexibility index (Phi) is 5.67. The molecule has 29 heavy (non-hydrogen) atoms. The number of morpholine rings is 1. The summed E-state index contributed by atoms with van der Waals surface area (Å²) in [5.74, 6) is 0.122. The summed E-state index contributed by atoms with van der Waals surface area (Å²) in [6, 6.07) is 18.4. The molecule has 0 unspecified atom stereocenters. The zero-order chi connectivity index (χ0) is 20.3. The number of nitrogens with one attached hydrogen (secondary N) is 1. The molecule has 2 aromatic rings. The van der Waals surface area contributed by atoms with E-state index >= 15 is 0 Å². The molecule has 5 nitrogen and oxygen atoms in total. The van der Waals surface area contributed by atoms with Crippen LogP contribution in [0.4, 0.5) is 0 Å². The van der Waals surface area contributed by atoms with E-state index in [-0.39, 0.29) is 17.7 Å². The van der Waals surface area contributed by atoms with E-state index in [1.165, 1.54) is 0 Å². The highest BCUT2D eigenvalue weighted by molar-refractivity contribution is 5.87. The fourth-order valence-electron chi connectivity index (χ4n) is 4.26. The van der Waals surface area contributed by atoms with Crippen molar-refractivity contribution in [2.75, 3.05) is 26.7 Å². The summed E-state index contributed by atoms with van der Waals surface area (Å²) in [6.07, 6.45) is 3.47. The lowest BCUT2D eigenvalue weighted by molar-refractivity contribution is -0.168. The van der Waals surface area contributed by atoms with Crippen molar-refractivity contribution in [3.05, 3.63) is 60.2 Å². The molecule has 1 N–H and O–H groups in total. The van der Waals surface area contributed by atoms with Gasteiger partial charge in [0.1, 0.15) is 0 Å². The Labute approximate surface area is 172 Å². The zero-order valence-corrected chi connectivity index (χ0v) is 16.9. The summed E-state index contributed by atoms with van der Waals surface area (Å²) in [7, 11) is 1.63. The zero-order valence-electron chi connectivity index (χ0n) is 16.9. The second-order valence-electron chi connectivity index (χ2n) is 8.05. The first-order valence-electron chi connectivity index (χ1n) is 10.4. The second-order valence-corrected chi connectivity index (χ2v) is 8.05. The molecule has 2 amide bonds. The third kappa shape index (κ3) is 4.06. The van der Waals surface area contributed by atoms with Gasteiger partial charge in [-0.15, -0.1) is 0 Å². The molecule has 0 bridgehead atoms.